The Bertz CT molecular complexity index is 784. The molecular formula is C21H28N4O4. The van der Waals surface area contributed by atoms with Crippen molar-refractivity contribution in [3.8, 4) is 5.75 Å². The van der Waals surface area contributed by atoms with Gasteiger partial charge in [-0.25, -0.2) is 9.69 Å². The Morgan fingerprint density at radius 2 is 1.83 bits per heavy atom. The van der Waals surface area contributed by atoms with E-state index in [1.165, 1.54) is 26.4 Å². The van der Waals surface area contributed by atoms with Gasteiger partial charge in [0.05, 0.1) is 19.3 Å². The minimum Gasteiger partial charge on any atom is -0.497 e. The van der Waals surface area contributed by atoms with Crippen molar-refractivity contribution in [1.29, 1.82) is 0 Å². The summed E-state index contributed by atoms with van der Waals surface area (Å²) >= 11 is 0. The van der Waals surface area contributed by atoms with Crippen molar-refractivity contribution >= 4 is 29.2 Å². The van der Waals surface area contributed by atoms with Gasteiger partial charge in [-0.2, -0.15) is 0 Å². The van der Waals surface area contributed by atoms with Gasteiger partial charge in [0.25, 0.3) is 5.91 Å². The van der Waals surface area contributed by atoms with Crippen molar-refractivity contribution in [2.45, 2.75) is 32.6 Å². The van der Waals surface area contributed by atoms with Gasteiger partial charge in [-0.1, -0.05) is 13.3 Å². The number of carbonyl (C=O) groups is 3. The summed E-state index contributed by atoms with van der Waals surface area (Å²) in [7, 11) is 1.54. The van der Waals surface area contributed by atoms with Crippen molar-refractivity contribution in [3.05, 3.63) is 24.3 Å². The lowest BCUT2D eigenvalue weighted by Crippen LogP contribution is -2.60. The van der Waals surface area contributed by atoms with Gasteiger partial charge in [-0.15, -0.1) is 0 Å². The highest BCUT2D eigenvalue weighted by molar-refractivity contribution is 6.35. The Hall–Kier alpha value is -2.74. The fourth-order valence-electron chi connectivity index (χ4n) is 3.77. The minimum atomic E-state index is -1.08. The molecule has 0 aromatic heterocycles. The quantitative estimate of drug-likeness (QED) is 0.560. The third kappa shape index (κ3) is 4.82. The molecule has 1 atom stereocenters. The van der Waals surface area contributed by atoms with Gasteiger partial charge < -0.3 is 9.64 Å². The van der Waals surface area contributed by atoms with Crippen LogP contribution in [0.25, 0.3) is 0 Å². The monoisotopic (exact) mass is 400 g/mol. The number of nitrogens with one attached hydrogen (secondary N) is 1. The number of anilines is 1. The molecule has 2 saturated heterocycles. The first kappa shape index (κ1) is 21.0. The van der Waals surface area contributed by atoms with E-state index in [1.54, 1.807) is 24.3 Å². The van der Waals surface area contributed by atoms with Crippen molar-refractivity contribution in [2.24, 2.45) is 10.9 Å². The van der Waals surface area contributed by atoms with E-state index in [9.17, 15) is 14.4 Å². The molecule has 8 heteroatoms. The maximum Gasteiger partial charge on any atom is 0.335 e. The highest BCUT2D eigenvalue weighted by Crippen LogP contribution is 2.24. The second kappa shape index (κ2) is 9.65. The van der Waals surface area contributed by atoms with Crippen LogP contribution in [0.3, 0.4) is 0 Å². The van der Waals surface area contributed by atoms with E-state index in [0.717, 1.165) is 24.5 Å². The van der Waals surface area contributed by atoms with Crippen molar-refractivity contribution in [3.63, 3.8) is 0 Å². The largest absolute Gasteiger partial charge is 0.497 e. The van der Waals surface area contributed by atoms with E-state index in [1.807, 2.05) is 6.92 Å². The van der Waals surface area contributed by atoms with Crippen LogP contribution >= 0.6 is 0 Å². The zero-order valence-electron chi connectivity index (χ0n) is 17.0. The summed E-state index contributed by atoms with van der Waals surface area (Å²) in [6.45, 7) is 5.36. The summed E-state index contributed by atoms with van der Waals surface area (Å²) in [6, 6.07) is 5.80. The number of benzene rings is 1. The molecule has 0 spiro atoms. The number of imide groups is 2. The zero-order chi connectivity index (χ0) is 20.8. The molecule has 29 heavy (non-hydrogen) atoms. The highest BCUT2D eigenvalue weighted by Gasteiger charge is 2.43. The predicted molar refractivity (Wildman–Crippen MR) is 110 cm³/mol. The van der Waals surface area contributed by atoms with Crippen molar-refractivity contribution in [2.75, 3.05) is 38.2 Å². The lowest BCUT2D eigenvalue weighted by Gasteiger charge is -2.31. The van der Waals surface area contributed by atoms with E-state index in [-0.39, 0.29) is 0 Å². The summed E-state index contributed by atoms with van der Waals surface area (Å²) < 4.78 is 5.12. The molecule has 0 bridgehead atoms. The number of rotatable bonds is 7. The summed E-state index contributed by atoms with van der Waals surface area (Å²) in [6.07, 6.45) is 4.14. The van der Waals surface area contributed by atoms with Crippen LogP contribution in [0.4, 0.5) is 10.5 Å². The molecule has 1 aromatic rings. The number of piperidine rings is 1. The molecule has 1 N–H and O–H groups in total. The Balaban J connectivity index is 1.76. The molecule has 3 rings (SSSR count). The van der Waals surface area contributed by atoms with Crippen LogP contribution in [-0.2, 0) is 9.59 Å². The average Bonchev–Trinajstić information content (AvgIpc) is 2.73. The van der Waals surface area contributed by atoms with Gasteiger partial charge in [-0.3, -0.25) is 19.9 Å². The van der Waals surface area contributed by atoms with Gasteiger partial charge in [-0.05, 0) is 56.6 Å². The van der Waals surface area contributed by atoms with E-state index in [0.29, 0.717) is 30.1 Å². The smallest absolute Gasteiger partial charge is 0.335 e. The molecule has 4 amide bonds. The number of urea groups is 1. The van der Waals surface area contributed by atoms with E-state index >= 15 is 0 Å². The zero-order valence-corrected chi connectivity index (χ0v) is 17.0. The van der Waals surface area contributed by atoms with E-state index in [4.69, 9.17) is 4.74 Å². The fourth-order valence-corrected chi connectivity index (χ4v) is 3.77. The number of methoxy groups -OCH3 is 1. The van der Waals surface area contributed by atoms with Crippen LogP contribution in [0.2, 0.25) is 0 Å². The lowest BCUT2D eigenvalue weighted by atomic mass is 9.96. The number of hydrogen-bond acceptors (Lipinski definition) is 6. The van der Waals surface area contributed by atoms with E-state index < -0.39 is 23.8 Å². The normalized spacial score (nSPS) is 21.3. The molecule has 2 aliphatic rings. The summed E-state index contributed by atoms with van der Waals surface area (Å²) in [5.74, 6) is -1.65. The van der Waals surface area contributed by atoms with Gasteiger partial charge in [0.1, 0.15) is 5.75 Å². The number of aliphatic imine (C=N–C) groups is 1. The number of hydrogen-bond donors (Lipinski definition) is 1. The van der Waals surface area contributed by atoms with Gasteiger partial charge in [0.2, 0.25) is 5.91 Å². The number of likely N-dealkylation sites (tertiary alicyclic amines) is 1. The number of nitrogens with zero attached hydrogens (tertiary/aromatic N) is 3. The van der Waals surface area contributed by atoms with Crippen LogP contribution in [0.5, 0.6) is 5.75 Å². The molecular weight excluding hydrogens is 372 g/mol. The maximum absolute atomic E-state index is 13.1. The SMILES string of the molecule is CCC(=NCCN1CCCCC1)C1C(=O)NC(=O)N(c2ccc(OC)cc2)C1=O. The molecule has 0 radical (unpaired) electrons. The molecule has 2 fully saturated rings. The van der Waals surface area contributed by atoms with Crippen LogP contribution in [0.15, 0.2) is 29.3 Å². The van der Waals surface area contributed by atoms with Crippen LogP contribution in [0.1, 0.15) is 32.6 Å². The summed E-state index contributed by atoms with van der Waals surface area (Å²) in [4.78, 5) is 45.8. The standard InChI is InChI=1S/C21H28N4O4/c1-3-17(22-11-14-24-12-5-4-6-13-24)18-19(26)23-21(28)25(20(18)27)15-7-9-16(29-2)10-8-15/h7-10,18H,3-6,11-14H2,1-2H3,(H,23,26,28). The van der Waals surface area contributed by atoms with Gasteiger partial charge in [0.15, 0.2) is 5.92 Å². The third-order valence-corrected chi connectivity index (χ3v) is 5.37. The molecule has 0 aliphatic carbocycles. The number of amides is 4. The van der Waals surface area contributed by atoms with Gasteiger partial charge in [0, 0.05) is 12.3 Å². The average molecular weight is 400 g/mol. The van der Waals surface area contributed by atoms with Gasteiger partial charge >= 0.3 is 6.03 Å². The highest BCUT2D eigenvalue weighted by atomic mass is 16.5. The Kier molecular flexibility index (Phi) is 6.98. The molecule has 1 unspecified atom stereocenters. The molecule has 2 aliphatic heterocycles. The summed E-state index contributed by atoms with van der Waals surface area (Å²) in [5, 5.41) is 2.30. The lowest BCUT2D eigenvalue weighted by molar-refractivity contribution is -0.131. The van der Waals surface area contributed by atoms with Crippen molar-refractivity contribution in [1.82, 2.24) is 10.2 Å². The predicted octanol–water partition coefficient (Wildman–Crippen LogP) is 2.23. The van der Waals surface area contributed by atoms with Crippen LogP contribution < -0.4 is 15.0 Å². The molecule has 2 heterocycles. The van der Waals surface area contributed by atoms with Crippen LogP contribution in [-0.4, -0.2) is 61.7 Å². The second-order valence-corrected chi connectivity index (χ2v) is 7.23. The minimum absolute atomic E-state index is 0.384. The number of carbonyl (C=O) groups excluding carboxylic acids is 3. The number of ether oxygens (including phenoxy) is 1. The van der Waals surface area contributed by atoms with E-state index in [2.05, 4.69) is 15.2 Å². The molecule has 1 aromatic carbocycles. The Morgan fingerprint density at radius 1 is 1.14 bits per heavy atom. The fraction of sp³-hybridized carbons (Fsp3) is 0.524. The Labute approximate surface area is 170 Å². The summed E-state index contributed by atoms with van der Waals surface area (Å²) in [5.41, 5.74) is 0.894. The first-order valence-electron chi connectivity index (χ1n) is 10.1. The van der Waals surface area contributed by atoms with Crippen molar-refractivity contribution < 1.29 is 19.1 Å². The second-order valence-electron chi connectivity index (χ2n) is 7.23. The van der Waals surface area contributed by atoms with Crippen LogP contribution in [0, 0.1) is 5.92 Å². The Morgan fingerprint density at radius 3 is 2.45 bits per heavy atom. The first-order chi connectivity index (χ1) is 14.0. The third-order valence-electron chi connectivity index (χ3n) is 5.37. The number of barbiturate groups is 1. The molecule has 156 valence electrons. The first-order valence-corrected chi connectivity index (χ1v) is 10.1. The maximum atomic E-state index is 13.1. The molecule has 0 saturated carbocycles. The molecule has 8 nitrogen and oxygen atoms in total. The topological polar surface area (TPSA) is 91.3 Å².